The molecule has 0 saturated heterocycles. The van der Waals surface area contributed by atoms with E-state index in [1.54, 1.807) is 6.07 Å². The van der Waals surface area contributed by atoms with Crippen LogP contribution >= 0.6 is 0 Å². The fourth-order valence-corrected chi connectivity index (χ4v) is 2.32. The fraction of sp³-hybridized carbons (Fsp3) is 0.188. The van der Waals surface area contributed by atoms with Gasteiger partial charge in [-0.15, -0.1) is 0 Å². The quantitative estimate of drug-likeness (QED) is 0.785. The normalized spacial score (nSPS) is 10.9. The summed E-state index contributed by atoms with van der Waals surface area (Å²) in [4.78, 5) is 4.49. The average Bonchev–Trinajstić information content (AvgIpc) is 2.74. The Morgan fingerprint density at radius 3 is 2.85 bits per heavy atom. The van der Waals surface area contributed by atoms with Crippen LogP contribution in [-0.2, 0) is 6.54 Å². The van der Waals surface area contributed by atoms with E-state index in [2.05, 4.69) is 10.3 Å². The number of aromatic nitrogens is 2. The minimum Gasteiger partial charge on any atom is -0.377 e. The molecular weight excluding hydrogens is 253 g/mol. The Morgan fingerprint density at radius 2 is 2.05 bits per heavy atom. The van der Waals surface area contributed by atoms with Crippen LogP contribution < -0.4 is 5.32 Å². The summed E-state index contributed by atoms with van der Waals surface area (Å²) in [5, 5.41) is 3.14. The van der Waals surface area contributed by atoms with E-state index in [4.69, 9.17) is 0 Å². The molecule has 102 valence electrons. The van der Waals surface area contributed by atoms with Crippen LogP contribution in [0.1, 0.15) is 17.0 Å². The van der Waals surface area contributed by atoms with E-state index in [1.165, 1.54) is 6.07 Å². The second kappa shape index (κ2) is 4.96. The summed E-state index contributed by atoms with van der Waals surface area (Å²) in [5.74, 6) is -0.225. The molecule has 1 aromatic carbocycles. The maximum absolute atomic E-state index is 13.8. The van der Waals surface area contributed by atoms with E-state index in [-0.39, 0.29) is 5.82 Å². The van der Waals surface area contributed by atoms with Crippen molar-refractivity contribution in [3.05, 3.63) is 65.4 Å². The summed E-state index contributed by atoms with van der Waals surface area (Å²) in [6.07, 6.45) is 1.97. The lowest BCUT2D eigenvalue weighted by molar-refractivity contribution is 0.628. The van der Waals surface area contributed by atoms with Crippen molar-refractivity contribution >= 4 is 11.3 Å². The Morgan fingerprint density at radius 1 is 1.20 bits per heavy atom. The topological polar surface area (TPSA) is 29.3 Å². The highest BCUT2D eigenvalue weighted by Gasteiger charge is 2.09. The van der Waals surface area contributed by atoms with Gasteiger partial charge in [0.05, 0.1) is 23.6 Å². The molecule has 1 N–H and O–H groups in total. The van der Waals surface area contributed by atoms with Crippen molar-refractivity contribution in [1.29, 1.82) is 0 Å². The van der Waals surface area contributed by atoms with Crippen molar-refractivity contribution in [1.82, 2.24) is 9.38 Å². The monoisotopic (exact) mass is 269 g/mol. The highest BCUT2D eigenvalue weighted by molar-refractivity contribution is 5.48. The third kappa shape index (κ3) is 2.25. The van der Waals surface area contributed by atoms with Gasteiger partial charge in [0.15, 0.2) is 0 Å². The van der Waals surface area contributed by atoms with Crippen molar-refractivity contribution in [2.45, 2.75) is 20.4 Å². The molecule has 0 bridgehead atoms. The molecule has 0 amide bonds. The molecule has 0 unspecified atom stereocenters. The smallest absolute Gasteiger partial charge is 0.146 e. The number of benzene rings is 1. The molecule has 3 nitrogen and oxygen atoms in total. The Labute approximate surface area is 117 Å². The van der Waals surface area contributed by atoms with Crippen molar-refractivity contribution in [3.8, 4) is 0 Å². The summed E-state index contributed by atoms with van der Waals surface area (Å²) in [6, 6.07) is 11.1. The number of anilines is 1. The molecule has 2 heterocycles. The van der Waals surface area contributed by atoms with Gasteiger partial charge in [0, 0.05) is 6.20 Å². The van der Waals surface area contributed by atoms with E-state index in [0.29, 0.717) is 12.2 Å². The van der Waals surface area contributed by atoms with Gasteiger partial charge in [-0.1, -0.05) is 12.1 Å². The number of hydrogen-bond acceptors (Lipinski definition) is 2. The molecule has 0 spiro atoms. The lowest BCUT2D eigenvalue weighted by Gasteiger charge is -2.09. The summed E-state index contributed by atoms with van der Waals surface area (Å²) in [6.45, 7) is 4.38. The molecule has 0 aliphatic carbocycles. The molecular formula is C16H16FN3. The van der Waals surface area contributed by atoms with E-state index in [0.717, 1.165) is 22.6 Å². The molecule has 0 saturated carbocycles. The van der Waals surface area contributed by atoms with Crippen LogP contribution in [0.4, 0.5) is 10.1 Å². The Hall–Kier alpha value is -2.36. The second-order valence-corrected chi connectivity index (χ2v) is 4.91. The van der Waals surface area contributed by atoms with Gasteiger partial charge >= 0.3 is 0 Å². The number of nitrogens with one attached hydrogen (secondary N) is 1. The van der Waals surface area contributed by atoms with Gasteiger partial charge in [0.1, 0.15) is 11.5 Å². The lowest BCUT2D eigenvalue weighted by Crippen LogP contribution is -2.05. The molecule has 2 aromatic heterocycles. The second-order valence-electron chi connectivity index (χ2n) is 4.91. The standard InChI is InChI=1S/C16H16FN3/c1-11-6-7-14(13(17)9-11)18-10-15-12(2)19-16-5-3-4-8-20(15)16/h3-9,18H,10H2,1-2H3. The number of imidazole rings is 1. The van der Waals surface area contributed by atoms with Crippen LogP contribution in [0.5, 0.6) is 0 Å². The highest BCUT2D eigenvalue weighted by atomic mass is 19.1. The summed E-state index contributed by atoms with van der Waals surface area (Å²) < 4.78 is 15.8. The number of pyridine rings is 1. The van der Waals surface area contributed by atoms with Gasteiger partial charge in [-0.3, -0.25) is 0 Å². The molecule has 0 aliphatic heterocycles. The van der Waals surface area contributed by atoms with Gasteiger partial charge in [0.25, 0.3) is 0 Å². The Bertz CT molecular complexity index is 762. The number of hydrogen-bond donors (Lipinski definition) is 1. The van der Waals surface area contributed by atoms with Crippen LogP contribution in [0.15, 0.2) is 42.6 Å². The zero-order valence-electron chi connectivity index (χ0n) is 11.5. The molecule has 0 aliphatic rings. The summed E-state index contributed by atoms with van der Waals surface area (Å²) in [5.41, 5.74) is 4.34. The lowest BCUT2D eigenvalue weighted by atomic mass is 10.2. The largest absolute Gasteiger partial charge is 0.377 e. The van der Waals surface area contributed by atoms with Crippen LogP contribution in [0.3, 0.4) is 0 Å². The first-order valence-corrected chi connectivity index (χ1v) is 6.58. The Kier molecular flexibility index (Phi) is 3.14. The van der Waals surface area contributed by atoms with Gasteiger partial charge in [-0.2, -0.15) is 0 Å². The SMILES string of the molecule is Cc1ccc(NCc2c(C)nc3ccccn23)c(F)c1. The molecule has 3 rings (SSSR count). The summed E-state index contributed by atoms with van der Waals surface area (Å²) in [7, 11) is 0. The molecule has 4 heteroatoms. The predicted octanol–water partition coefficient (Wildman–Crippen LogP) is 3.70. The van der Waals surface area contributed by atoms with E-state index >= 15 is 0 Å². The molecule has 0 fully saturated rings. The van der Waals surface area contributed by atoms with Gasteiger partial charge < -0.3 is 9.72 Å². The first kappa shape index (κ1) is 12.7. The zero-order valence-corrected chi connectivity index (χ0v) is 11.5. The average molecular weight is 269 g/mol. The highest BCUT2D eigenvalue weighted by Crippen LogP contribution is 2.18. The molecule has 20 heavy (non-hydrogen) atoms. The third-order valence-electron chi connectivity index (χ3n) is 3.40. The maximum Gasteiger partial charge on any atom is 0.146 e. The third-order valence-corrected chi connectivity index (χ3v) is 3.40. The molecule has 0 radical (unpaired) electrons. The summed E-state index contributed by atoms with van der Waals surface area (Å²) >= 11 is 0. The number of aryl methyl sites for hydroxylation is 2. The van der Waals surface area contributed by atoms with E-state index in [9.17, 15) is 4.39 Å². The van der Waals surface area contributed by atoms with Crippen LogP contribution in [0.25, 0.3) is 5.65 Å². The van der Waals surface area contributed by atoms with Crippen molar-refractivity contribution in [2.75, 3.05) is 5.32 Å². The number of fused-ring (bicyclic) bond motifs is 1. The molecule has 0 atom stereocenters. The fourth-order valence-electron chi connectivity index (χ4n) is 2.32. The van der Waals surface area contributed by atoms with Gasteiger partial charge in [-0.05, 0) is 43.7 Å². The molecule has 3 aromatic rings. The predicted molar refractivity (Wildman–Crippen MR) is 78.4 cm³/mol. The first-order valence-electron chi connectivity index (χ1n) is 6.58. The first-order chi connectivity index (χ1) is 9.65. The van der Waals surface area contributed by atoms with Crippen molar-refractivity contribution in [2.24, 2.45) is 0 Å². The van der Waals surface area contributed by atoms with E-state index in [1.807, 2.05) is 48.7 Å². The van der Waals surface area contributed by atoms with Crippen LogP contribution in [0.2, 0.25) is 0 Å². The van der Waals surface area contributed by atoms with Gasteiger partial charge in [-0.25, -0.2) is 9.37 Å². The maximum atomic E-state index is 13.8. The Balaban J connectivity index is 1.88. The van der Waals surface area contributed by atoms with Crippen LogP contribution in [0, 0.1) is 19.7 Å². The van der Waals surface area contributed by atoms with E-state index < -0.39 is 0 Å². The number of nitrogens with zero attached hydrogens (tertiary/aromatic N) is 2. The minimum atomic E-state index is -0.225. The zero-order chi connectivity index (χ0) is 14.1. The number of halogens is 1. The van der Waals surface area contributed by atoms with Crippen LogP contribution in [-0.4, -0.2) is 9.38 Å². The van der Waals surface area contributed by atoms with Gasteiger partial charge in [0.2, 0.25) is 0 Å². The van der Waals surface area contributed by atoms with Crippen molar-refractivity contribution in [3.63, 3.8) is 0 Å². The van der Waals surface area contributed by atoms with Crippen molar-refractivity contribution < 1.29 is 4.39 Å². The number of rotatable bonds is 3. The minimum absolute atomic E-state index is 0.225.